The fraction of sp³-hybridized carbons (Fsp3) is 0.0172. The van der Waals surface area contributed by atoms with E-state index in [4.69, 9.17) is 15.0 Å². The molecule has 0 fully saturated rings. The number of hydrogen-bond donors (Lipinski definition) is 0. The Morgan fingerprint density at radius 1 is 0.306 bits per heavy atom. The molecule has 2 heterocycles. The summed E-state index contributed by atoms with van der Waals surface area (Å²) in [4.78, 5) is 16.2. The van der Waals surface area contributed by atoms with Crippen molar-refractivity contribution in [1.29, 1.82) is 0 Å². The molecule has 0 unspecified atom stereocenters. The molecule has 1 aliphatic carbocycles. The van der Waals surface area contributed by atoms with Crippen molar-refractivity contribution in [2.45, 2.75) is 5.41 Å². The summed E-state index contributed by atoms with van der Waals surface area (Å²) in [5.74, 6) is 2.01. The summed E-state index contributed by atoms with van der Waals surface area (Å²) < 4.78 is 2.70. The zero-order valence-electron chi connectivity index (χ0n) is 33.6. The van der Waals surface area contributed by atoms with Crippen LogP contribution in [0.5, 0.6) is 0 Å². The summed E-state index contributed by atoms with van der Waals surface area (Å²) in [6.07, 6.45) is 0. The minimum Gasteiger partial charge on any atom is -0.0617 e. The Hall–Kier alpha value is -7.49. The molecule has 0 saturated heterocycles. The van der Waals surface area contributed by atoms with Gasteiger partial charge in [0.05, 0.1) is 0 Å². The minimum atomic E-state index is -0.535. The Kier molecular flexibility index (Phi) is 8.74. The van der Waals surface area contributed by atoms with E-state index in [2.05, 4.69) is 224 Å². The molecule has 4 heteroatoms. The summed E-state index contributed by atoms with van der Waals surface area (Å²) in [5, 5.41) is 2.58. The van der Waals surface area contributed by atoms with Gasteiger partial charge in [-0.25, -0.2) is 0 Å². The first kappa shape index (κ1) is 36.4. The second-order valence-electron chi connectivity index (χ2n) is 15.9. The van der Waals surface area contributed by atoms with Gasteiger partial charge in [0.15, 0.2) is 0 Å². The van der Waals surface area contributed by atoms with Gasteiger partial charge in [-0.3, -0.25) is 0 Å². The maximum atomic E-state index is 5.47. The first-order valence-electron chi connectivity index (χ1n) is 21.0. The molecule has 3 nitrogen and oxygen atoms in total. The van der Waals surface area contributed by atoms with E-state index in [0.717, 1.165) is 33.4 Å². The minimum absolute atomic E-state index is 0.116. The van der Waals surface area contributed by atoms with Crippen LogP contribution in [0.2, 0.25) is 0 Å². The Bertz CT molecular complexity index is 3390. The molecular weight excluding hydrogens is 818 g/mol. The molecule has 11 aromatic rings. The fourth-order valence-electron chi connectivity index (χ4n) is 9.65. The van der Waals surface area contributed by atoms with Gasteiger partial charge in [0.25, 0.3) is 0 Å². The van der Waals surface area contributed by atoms with Crippen LogP contribution in [0.4, 0.5) is 0 Å². The average molecular weight is 855 g/mol. The van der Waals surface area contributed by atoms with Gasteiger partial charge in [-0.1, -0.05) is 42.5 Å². The number of hydrogen-bond acceptors (Lipinski definition) is 3. The number of nitrogens with zero attached hydrogens (tertiary/aromatic N) is 3. The molecule has 0 saturated carbocycles. The fourth-order valence-corrected chi connectivity index (χ4v) is 12.2. The third-order valence-electron chi connectivity index (χ3n) is 12.5. The Balaban J connectivity index is 1.06. The van der Waals surface area contributed by atoms with Crippen LogP contribution in [0.15, 0.2) is 224 Å². The van der Waals surface area contributed by atoms with Crippen molar-refractivity contribution >= 4 is 33.8 Å². The molecule has 290 valence electrons. The Morgan fingerprint density at radius 2 is 0.758 bits per heavy atom. The van der Waals surface area contributed by atoms with Crippen molar-refractivity contribution in [3.05, 3.63) is 247 Å². The van der Waals surface area contributed by atoms with Gasteiger partial charge in [0, 0.05) is 0 Å². The summed E-state index contributed by atoms with van der Waals surface area (Å²) >= 11 is 0.116. The van der Waals surface area contributed by atoms with Gasteiger partial charge in [0.2, 0.25) is 0 Å². The van der Waals surface area contributed by atoms with Crippen molar-refractivity contribution < 1.29 is 0 Å². The van der Waals surface area contributed by atoms with Gasteiger partial charge >= 0.3 is 315 Å². The van der Waals surface area contributed by atoms with Crippen LogP contribution in [0.1, 0.15) is 22.3 Å². The summed E-state index contributed by atoms with van der Waals surface area (Å²) in [6.45, 7) is 0. The number of benzene rings is 9. The van der Waals surface area contributed by atoms with Crippen LogP contribution < -0.4 is 0 Å². The molecule has 0 bridgehead atoms. The van der Waals surface area contributed by atoms with Gasteiger partial charge in [0.1, 0.15) is 0 Å². The van der Waals surface area contributed by atoms with Crippen LogP contribution in [-0.4, -0.2) is 29.5 Å². The first-order valence-corrected chi connectivity index (χ1v) is 22.7. The van der Waals surface area contributed by atoms with Crippen molar-refractivity contribution in [3.63, 3.8) is 0 Å². The molecule has 62 heavy (non-hydrogen) atoms. The van der Waals surface area contributed by atoms with Crippen LogP contribution in [0, 0.1) is 0 Å². The van der Waals surface area contributed by atoms with E-state index in [1.807, 2.05) is 0 Å². The monoisotopic (exact) mass is 855 g/mol. The van der Waals surface area contributed by atoms with E-state index in [-0.39, 0.29) is 14.5 Å². The van der Waals surface area contributed by atoms with E-state index in [0.29, 0.717) is 17.5 Å². The van der Waals surface area contributed by atoms with E-state index in [1.54, 1.807) is 0 Å². The van der Waals surface area contributed by atoms with E-state index >= 15 is 0 Å². The molecule has 0 N–H and O–H groups in total. The second kappa shape index (κ2) is 14.9. The third-order valence-corrected chi connectivity index (χ3v) is 15.0. The predicted molar refractivity (Wildman–Crippen MR) is 256 cm³/mol. The van der Waals surface area contributed by atoms with Gasteiger partial charge in [-0.15, -0.1) is 0 Å². The molecule has 0 aliphatic heterocycles. The molecular formula is C58H37N3Se. The molecule has 9 aromatic carbocycles. The van der Waals surface area contributed by atoms with Gasteiger partial charge in [-0.05, 0) is 11.1 Å². The number of aromatic nitrogens is 3. The molecule has 12 rings (SSSR count). The molecule has 2 aromatic heterocycles. The SMILES string of the molecule is c1ccc(-c2ccc(-c3ccc(-c4nc(-c5cccc6c5-c5ccccc5C6(c5ccccc5)c5ccccc5)nc(-c5cccc6c5[se]c5ccccc56)n4)cc3)cc2)cc1. The van der Waals surface area contributed by atoms with E-state index in [9.17, 15) is 0 Å². The zero-order valence-corrected chi connectivity index (χ0v) is 35.3. The van der Waals surface area contributed by atoms with E-state index in [1.165, 1.54) is 58.2 Å². The first-order chi connectivity index (χ1) is 30.7. The van der Waals surface area contributed by atoms with Gasteiger partial charge < -0.3 is 0 Å². The molecule has 0 spiro atoms. The molecule has 0 atom stereocenters. The standard InChI is InChI=1S/C58H37N3Se/c1-4-16-38(17-5-1)39-30-32-40(33-31-39)41-34-36-42(37-35-41)55-59-56(61-57(60-55)49-26-14-24-46-45-22-11-13-29-52(45)62-54(46)49)48-25-15-28-51-53(48)47-23-10-12-27-50(47)58(51,43-18-6-2-7-19-43)44-20-8-3-9-21-44/h1-37H. The van der Waals surface area contributed by atoms with Crippen LogP contribution >= 0.6 is 0 Å². The summed E-state index contributed by atoms with van der Waals surface area (Å²) in [5.41, 5.74) is 14.4. The average Bonchev–Trinajstić information content (AvgIpc) is 3.89. The summed E-state index contributed by atoms with van der Waals surface area (Å²) in [6, 6.07) is 80.8. The predicted octanol–water partition coefficient (Wildman–Crippen LogP) is 13.9. The summed E-state index contributed by atoms with van der Waals surface area (Å²) in [7, 11) is 0. The van der Waals surface area contributed by atoms with Crippen LogP contribution in [0.3, 0.4) is 0 Å². The zero-order chi connectivity index (χ0) is 41.0. The molecule has 0 radical (unpaired) electrons. The van der Waals surface area contributed by atoms with Crippen molar-refractivity contribution in [1.82, 2.24) is 15.0 Å². The number of fused-ring (bicyclic) bond motifs is 6. The second-order valence-corrected chi connectivity index (χ2v) is 18.1. The quantitative estimate of drug-likeness (QED) is 0.150. The van der Waals surface area contributed by atoms with Crippen molar-refractivity contribution in [2.75, 3.05) is 0 Å². The van der Waals surface area contributed by atoms with Crippen LogP contribution in [0.25, 0.3) is 86.8 Å². The topological polar surface area (TPSA) is 38.7 Å². The van der Waals surface area contributed by atoms with Crippen molar-refractivity contribution in [3.8, 4) is 67.5 Å². The van der Waals surface area contributed by atoms with E-state index < -0.39 is 5.41 Å². The number of rotatable bonds is 7. The Morgan fingerprint density at radius 3 is 1.44 bits per heavy atom. The van der Waals surface area contributed by atoms with Crippen molar-refractivity contribution in [2.24, 2.45) is 0 Å². The third kappa shape index (κ3) is 5.84. The van der Waals surface area contributed by atoms with Crippen LogP contribution in [-0.2, 0) is 5.41 Å². The molecule has 0 amide bonds. The normalized spacial score (nSPS) is 12.6. The van der Waals surface area contributed by atoms with Gasteiger partial charge in [-0.2, -0.15) is 0 Å². The smallest absolute Gasteiger partial charge is 0.0617 e. The molecule has 1 aliphatic rings. The Labute approximate surface area is 366 Å². The maximum absolute atomic E-state index is 5.47.